The van der Waals surface area contributed by atoms with Crippen LogP contribution in [0.3, 0.4) is 0 Å². The Balaban J connectivity index is 1.65. The SMILES string of the molecule is O=S(=O)(N1CCCCCC1)N1CCCN(S(=O)(=O)N2CCCCCC2)CC1. The smallest absolute Gasteiger partial charge is 0.195 e. The first-order valence-corrected chi connectivity index (χ1v) is 13.2. The molecule has 10 heteroatoms. The van der Waals surface area contributed by atoms with Crippen LogP contribution in [-0.4, -0.2) is 86.4 Å². The van der Waals surface area contributed by atoms with Crippen LogP contribution in [-0.2, 0) is 20.4 Å². The van der Waals surface area contributed by atoms with Gasteiger partial charge in [0, 0.05) is 52.4 Å². The molecule has 0 amide bonds. The van der Waals surface area contributed by atoms with E-state index in [2.05, 4.69) is 0 Å². The maximum absolute atomic E-state index is 13.0. The quantitative estimate of drug-likeness (QED) is 0.683. The minimum atomic E-state index is -3.50. The second-order valence-corrected chi connectivity index (χ2v) is 11.7. The highest BCUT2D eigenvalue weighted by Crippen LogP contribution is 2.21. The predicted octanol–water partition coefficient (Wildman–Crippen LogP) is 1.24. The number of nitrogens with zero attached hydrogens (tertiary/aromatic N) is 4. The van der Waals surface area contributed by atoms with Crippen LogP contribution in [0.5, 0.6) is 0 Å². The van der Waals surface area contributed by atoms with Crippen LogP contribution in [0, 0.1) is 0 Å². The van der Waals surface area contributed by atoms with E-state index in [0.717, 1.165) is 51.4 Å². The van der Waals surface area contributed by atoms with Gasteiger partial charge in [0.15, 0.2) is 0 Å². The lowest BCUT2D eigenvalue weighted by Gasteiger charge is -2.29. The fraction of sp³-hybridized carbons (Fsp3) is 1.00. The van der Waals surface area contributed by atoms with Crippen LogP contribution < -0.4 is 0 Å². The van der Waals surface area contributed by atoms with E-state index >= 15 is 0 Å². The highest BCUT2D eigenvalue weighted by Gasteiger charge is 2.35. The molecule has 0 spiro atoms. The zero-order chi connectivity index (χ0) is 19.3. The molecule has 3 rings (SSSR count). The van der Waals surface area contributed by atoms with Gasteiger partial charge in [-0.05, 0) is 32.1 Å². The molecule has 3 heterocycles. The summed E-state index contributed by atoms with van der Waals surface area (Å²) in [5.74, 6) is 0. The average molecular weight is 423 g/mol. The molecule has 158 valence electrons. The Kier molecular flexibility index (Phi) is 7.54. The van der Waals surface area contributed by atoms with Gasteiger partial charge >= 0.3 is 0 Å². The average Bonchev–Trinajstić information content (AvgIpc) is 3.16. The normalized spacial score (nSPS) is 27.0. The van der Waals surface area contributed by atoms with E-state index in [-0.39, 0.29) is 13.1 Å². The highest BCUT2D eigenvalue weighted by molar-refractivity contribution is 7.87. The van der Waals surface area contributed by atoms with E-state index < -0.39 is 20.4 Å². The molecule has 3 aliphatic rings. The molecule has 0 N–H and O–H groups in total. The van der Waals surface area contributed by atoms with Crippen molar-refractivity contribution in [3.8, 4) is 0 Å². The largest absolute Gasteiger partial charge is 0.282 e. The third-order valence-corrected chi connectivity index (χ3v) is 9.92. The monoisotopic (exact) mass is 422 g/mol. The van der Waals surface area contributed by atoms with E-state index in [4.69, 9.17) is 0 Å². The van der Waals surface area contributed by atoms with Crippen molar-refractivity contribution < 1.29 is 16.8 Å². The van der Waals surface area contributed by atoms with Crippen LogP contribution in [0.4, 0.5) is 0 Å². The summed E-state index contributed by atoms with van der Waals surface area (Å²) in [6.07, 6.45) is 8.47. The maximum Gasteiger partial charge on any atom is 0.282 e. The molecule has 0 aromatic rings. The van der Waals surface area contributed by atoms with Gasteiger partial charge in [0.1, 0.15) is 0 Å². The van der Waals surface area contributed by atoms with Crippen molar-refractivity contribution in [2.45, 2.75) is 57.8 Å². The van der Waals surface area contributed by atoms with Gasteiger partial charge < -0.3 is 0 Å². The Bertz CT molecular complexity index is 609. The van der Waals surface area contributed by atoms with Crippen molar-refractivity contribution in [1.29, 1.82) is 0 Å². The third-order valence-electron chi connectivity index (χ3n) is 5.85. The molecule has 0 radical (unpaired) electrons. The Hall–Kier alpha value is -0.260. The fourth-order valence-electron chi connectivity index (χ4n) is 4.20. The molecule has 0 aromatic carbocycles. The summed E-state index contributed by atoms with van der Waals surface area (Å²) in [6.45, 7) is 3.58. The molecule has 0 unspecified atom stereocenters. The minimum Gasteiger partial charge on any atom is -0.195 e. The summed E-state index contributed by atoms with van der Waals surface area (Å²) >= 11 is 0. The van der Waals surface area contributed by atoms with E-state index in [1.807, 2.05) is 0 Å². The van der Waals surface area contributed by atoms with Gasteiger partial charge in [-0.2, -0.15) is 34.1 Å². The number of rotatable bonds is 4. The lowest BCUT2D eigenvalue weighted by Crippen LogP contribution is -2.47. The van der Waals surface area contributed by atoms with Crippen molar-refractivity contribution in [1.82, 2.24) is 17.2 Å². The second-order valence-electron chi connectivity index (χ2n) is 7.79. The molecule has 3 fully saturated rings. The summed E-state index contributed by atoms with van der Waals surface area (Å²) in [5.41, 5.74) is 0. The molecule has 3 saturated heterocycles. The lowest BCUT2D eigenvalue weighted by atomic mass is 10.2. The standard InChI is InChI=1S/C17H34N4O4S2/c22-26(23,18-10-5-1-2-6-11-18)20-14-9-15-21(17-16-20)27(24,25)19-12-7-3-4-8-13-19/h1-17H2. The molecule has 27 heavy (non-hydrogen) atoms. The van der Waals surface area contributed by atoms with Crippen molar-refractivity contribution in [2.24, 2.45) is 0 Å². The van der Waals surface area contributed by atoms with E-state index in [9.17, 15) is 16.8 Å². The Morgan fingerprint density at radius 2 is 0.593 bits per heavy atom. The van der Waals surface area contributed by atoms with Gasteiger partial charge in [-0.1, -0.05) is 25.7 Å². The van der Waals surface area contributed by atoms with Gasteiger partial charge in [-0.25, -0.2) is 0 Å². The number of hydrogen-bond donors (Lipinski definition) is 0. The maximum atomic E-state index is 13.0. The third kappa shape index (κ3) is 5.22. The Morgan fingerprint density at radius 1 is 0.333 bits per heavy atom. The van der Waals surface area contributed by atoms with E-state index in [1.165, 1.54) is 8.61 Å². The van der Waals surface area contributed by atoms with E-state index in [0.29, 0.717) is 45.7 Å². The van der Waals surface area contributed by atoms with Gasteiger partial charge in [0.25, 0.3) is 20.4 Å². The first-order chi connectivity index (χ1) is 12.9. The topological polar surface area (TPSA) is 81.2 Å². The second kappa shape index (κ2) is 9.49. The zero-order valence-corrected chi connectivity index (χ0v) is 17.9. The van der Waals surface area contributed by atoms with E-state index in [1.54, 1.807) is 8.61 Å². The van der Waals surface area contributed by atoms with Crippen molar-refractivity contribution in [3.63, 3.8) is 0 Å². The molecule has 0 bridgehead atoms. The summed E-state index contributed by atoms with van der Waals surface area (Å²) in [4.78, 5) is 0. The fourth-order valence-corrected chi connectivity index (χ4v) is 7.64. The lowest BCUT2D eigenvalue weighted by molar-refractivity contribution is 0.332. The zero-order valence-electron chi connectivity index (χ0n) is 16.3. The van der Waals surface area contributed by atoms with Crippen molar-refractivity contribution in [2.75, 3.05) is 52.4 Å². The Labute approximate surface area is 164 Å². The van der Waals surface area contributed by atoms with Gasteiger partial charge in [-0.3, -0.25) is 0 Å². The molecule has 0 atom stereocenters. The molecule has 0 aliphatic carbocycles. The van der Waals surface area contributed by atoms with Gasteiger partial charge in [0.2, 0.25) is 0 Å². The first kappa shape index (κ1) is 21.4. The predicted molar refractivity (Wildman–Crippen MR) is 106 cm³/mol. The van der Waals surface area contributed by atoms with Crippen LogP contribution >= 0.6 is 0 Å². The van der Waals surface area contributed by atoms with Crippen LogP contribution in [0.1, 0.15) is 57.8 Å². The summed E-state index contributed by atoms with van der Waals surface area (Å²) in [7, 11) is -7.00. The van der Waals surface area contributed by atoms with Crippen LogP contribution in [0.15, 0.2) is 0 Å². The van der Waals surface area contributed by atoms with Gasteiger partial charge in [-0.15, -0.1) is 0 Å². The Morgan fingerprint density at radius 3 is 0.926 bits per heavy atom. The van der Waals surface area contributed by atoms with Crippen molar-refractivity contribution in [3.05, 3.63) is 0 Å². The number of hydrogen-bond acceptors (Lipinski definition) is 4. The minimum absolute atomic E-state index is 0.242. The van der Waals surface area contributed by atoms with Crippen LogP contribution in [0.2, 0.25) is 0 Å². The first-order valence-electron chi connectivity index (χ1n) is 10.4. The summed E-state index contributed by atoms with van der Waals surface area (Å²) in [6, 6.07) is 0. The molecular formula is C17H34N4O4S2. The highest BCUT2D eigenvalue weighted by atomic mass is 32.2. The summed E-state index contributed by atoms with van der Waals surface area (Å²) < 4.78 is 58.3. The molecule has 8 nitrogen and oxygen atoms in total. The molecule has 3 aliphatic heterocycles. The van der Waals surface area contributed by atoms with Gasteiger partial charge in [0.05, 0.1) is 0 Å². The van der Waals surface area contributed by atoms with Crippen molar-refractivity contribution >= 4 is 20.4 Å². The summed E-state index contributed by atoms with van der Waals surface area (Å²) in [5, 5.41) is 0. The van der Waals surface area contributed by atoms with Crippen LogP contribution in [0.25, 0.3) is 0 Å². The molecule has 0 aromatic heterocycles. The molecular weight excluding hydrogens is 388 g/mol. The molecule has 0 saturated carbocycles.